The molecule has 0 bridgehead atoms. The maximum atomic E-state index is 15.3. The van der Waals surface area contributed by atoms with E-state index in [1.54, 1.807) is 17.0 Å². The summed E-state index contributed by atoms with van der Waals surface area (Å²) in [5.74, 6) is -1.49. The zero-order valence-electron chi connectivity index (χ0n) is 18.0. The maximum Gasteiger partial charge on any atom is 0.416 e. The van der Waals surface area contributed by atoms with Gasteiger partial charge in [-0.3, -0.25) is 0 Å². The zero-order valence-corrected chi connectivity index (χ0v) is 18.0. The Bertz CT molecular complexity index is 1150. The molecule has 1 aromatic heterocycles. The van der Waals surface area contributed by atoms with E-state index >= 15 is 4.39 Å². The minimum absolute atomic E-state index is 0.0326. The molecular weight excluding hydrogens is 452 g/mol. The average Bonchev–Trinajstić information content (AvgIpc) is 3.30. The molecule has 4 rings (SSSR count). The van der Waals surface area contributed by atoms with E-state index < -0.39 is 23.5 Å². The SMILES string of the molecule is O=C(O)c1ccc(CCNc2ncnc(N3CCCC3c3ccc(C(F)(F)F)cc3)c2F)cc1. The largest absolute Gasteiger partial charge is 0.478 e. The van der Waals surface area contributed by atoms with Gasteiger partial charge in [0.15, 0.2) is 11.6 Å². The summed E-state index contributed by atoms with van der Waals surface area (Å²) in [6, 6.07) is 11.1. The maximum absolute atomic E-state index is 15.3. The molecule has 1 unspecified atom stereocenters. The molecule has 0 amide bonds. The van der Waals surface area contributed by atoms with Crippen LogP contribution in [0, 0.1) is 5.82 Å². The van der Waals surface area contributed by atoms with Gasteiger partial charge in [0.2, 0.25) is 5.82 Å². The number of aromatic nitrogens is 2. The lowest BCUT2D eigenvalue weighted by atomic mass is 10.0. The third-order valence-corrected chi connectivity index (χ3v) is 5.83. The summed E-state index contributed by atoms with van der Waals surface area (Å²) in [5.41, 5.74) is 1.02. The first kappa shape index (κ1) is 23.5. The van der Waals surface area contributed by atoms with E-state index in [1.165, 1.54) is 30.6 Å². The van der Waals surface area contributed by atoms with Crippen LogP contribution in [-0.4, -0.2) is 34.1 Å². The molecule has 1 fully saturated rings. The monoisotopic (exact) mass is 474 g/mol. The molecule has 10 heteroatoms. The molecule has 0 radical (unpaired) electrons. The molecule has 0 saturated carbocycles. The zero-order chi connectivity index (χ0) is 24.3. The minimum Gasteiger partial charge on any atom is -0.478 e. The first-order valence-electron chi connectivity index (χ1n) is 10.7. The molecule has 1 aliphatic rings. The fraction of sp³-hybridized carbons (Fsp3) is 0.292. The van der Waals surface area contributed by atoms with Crippen LogP contribution in [0.25, 0.3) is 0 Å². The Balaban J connectivity index is 1.45. The number of benzene rings is 2. The Labute approximate surface area is 193 Å². The van der Waals surface area contributed by atoms with E-state index in [2.05, 4.69) is 15.3 Å². The second kappa shape index (κ2) is 9.66. The number of nitrogens with one attached hydrogen (secondary N) is 1. The second-order valence-corrected chi connectivity index (χ2v) is 8.01. The number of aromatic carboxylic acids is 1. The Kier molecular flexibility index (Phi) is 6.67. The van der Waals surface area contributed by atoms with Crippen molar-refractivity contribution in [2.45, 2.75) is 31.5 Å². The number of nitrogens with zero attached hydrogens (tertiary/aromatic N) is 3. The van der Waals surface area contributed by atoms with Crippen molar-refractivity contribution in [3.8, 4) is 0 Å². The fourth-order valence-electron chi connectivity index (χ4n) is 4.08. The summed E-state index contributed by atoms with van der Waals surface area (Å²) in [6.07, 6.45) is -1.21. The number of hydrogen-bond donors (Lipinski definition) is 2. The van der Waals surface area contributed by atoms with Crippen LogP contribution >= 0.6 is 0 Å². The van der Waals surface area contributed by atoms with E-state index in [1.807, 2.05) is 0 Å². The van der Waals surface area contributed by atoms with Gasteiger partial charge in [-0.05, 0) is 54.7 Å². The number of carboxylic acid groups (broad SMARTS) is 1. The van der Waals surface area contributed by atoms with Crippen molar-refractivity contribution in [2.75, 3.05) is 23.3 Å². The Hall–Kier alpha value is -3.69. The van der Waals surface area contributed by atoms with Crippen LogP contribution in [0.4, 0.5) is 29.2 Å². The third-order valence-electron chi connectivity index (χ3n) is 5.83. The van der Waals surface area contributed by atoms with Crippen molar-refractivity contribution in [3.05, 3.63) is 82.9 Å². The topological polar surface area (TPSA) is 78.3 Å². The fourth-order valence-corrected chi connectivity index (χ4v) is 4.08. The van der Waals surface area contributed by atoms with Crippen molar-refractivity contribution in [1.82, 2.24) is 9.97 Å². The van der Waals surface area contributed by atoms with Crippen LogP contribution in [0.1, 0.15) is 45.9 Å². The number of anilines is 2. The predicted octanol–water partition coefficient (Wildman–Crippen LogP) is 5.33. The minimum atomic E-state index is -4.41. The van der Waals surface area contributed by atoms with Crippen molar-refractivity contribution < 1.29 is 27.5 Å². The molecule has 1 saturated heterocycles. The molecule has 1 atom stereocenters. The highest BCUT2D eigenvalue weighted by Gasteiger charge is 2.33. The van der Waals surface area contributed by atoms with Crippen molar-refractivity contribution in [2.24, 2.45) is 0 Å². The number of rotatable bonds is 7. The van der Waals surface area contributed by atoms with Crippen molar-refractivity contribution >= 4 is 17.6 Å². The van der Waals surface area contributed by atoms with Gasteiger partial charge in [0.05, 0.1) is 17.2 Å². The van der Waals surface area contributed by atoms with Crippen LogP contribution in [0.2, 0.25) is 0 Å². The Morgan fingerprint density at radius 3 is 2.44 bits per heavy atom. The molecule has 178 valence electrons. The smallest absolute Gasteiger partial charge is 0.416 e. The highest BCUT2D eigenvalue weighted by Crippen LogP contribution is 2.38. The number of carbonyl (C=O) groups is 1. The van der Waals surface area contributed by atoms with Gasteiger partial charge in [0.25, 0.3) is 0 Å². The normalized spacial score (nSPS) is 16.0. The summed E-state index contributed by atoms with van der Waals surface area (Å²) < 4.78 is 53.9. The van der Waals surface area contributed by atoms with E-state index in [-0.39, 0.29) is 23.2 Å². The van der Waals surface area contributed by atoms with Crippen molar-refractivity contribution in [3.63, 3.8) is 0 Å². The lowest BCUT2D eigenvalue weighted by molar-refractivity contribution is -0.137. The number of carboxylic acids is 1. The van der Waals surface area contributed by atoms with Gasteiger partial charge in [-0.25, -0.2) is 14.8 Å². The molecule has 1 aliphatic heterocycles. The average molecular weight is 474 g/mol. The van der Waals surface area contributed by atoms with E-state index in [0.717, 1.165) is 24.1 Å². The van der Waals surface area contributed by atoms with Crippen LogP contribution in [0.15, 0.2) is 54.9 Å². The van der Waals surface area contributed by atoms with Crippen LogP contribution in [-0.2, 0) is 12.6 Å². The van der Waals surface area contributed by atoms with E-state index in [4.69, 9.17) is 5.11 Å². The first-order valence-corrected chi connectivity index (χ1v) is 10.7. The molecule has 0 spiro atoms. The summed E-state index contributed by atoms with van der Waals surface area (Å²) in [7, 11) is 0. The number of alkyl halides is 3. The van der Waals surface area contributed by atoms with Crippen LogP contribution in [0.3, 0.4) is 0 Å². The van der Waals surface area contributed by atoms with Gasteiger partial charge in [-0.2, -0.15) is 17.6 Å². The molecule has 6 nitrogen and oxygen atoms in total. The standard InChI is InChI=1S/C24H22F4N4O2/c25-20-21(29-12-11-15-3-5-17(6-4-15)23(33)34)30-14-31-22(20)32-13-1-2-19(32)16-7-9-18(10-8-16)24(26,27)28/h3-10,14,19H,1-2,11-13H2,(H,33,34)(H,29,30,31). The van der Waals surface area contributed by atoms with E-state index in [0.29, 0.717) is 31.5 Å². The molecule has 34 heavy (non-hydrogen) atoms. The summed E-state index contributed by atoms with van der Waals surface area (Å²) in [6.45, 7) is 0.886. The predicted molar refractivity (Wildman–Crippen MR) is 118 cm³/mol. The Morgan fingerprint density at radius 1 is 1.09 bits per heavy atom. The van der Waals surface area contributed by atoms with Crippen LogP contribution in [0.5, 0.6) is 0 Å². The van der Waals surface area contributed by atoms with Crippen LogP contribution < -0.4 is 10.2 Å². The lowest BCUT2D eigenvalue weighted by Crippen LogP contribution is -2.25. The summed E-state index contributed by atoms with van der Waals surface area (Å²) in [4.78, 5) is 20.8. The summed E-state index contributed by atoms with van der Waals surface area (Å²) >= 11 is 0. The molecule has 3 aromatic rings. The van der Waals surface area contributed by atoms with Gasteiger partial charge in [0.1, 0.15) is 6.33 Å². The van der Waals surface area contributed by atoms with Gasteiger partial charge in [-0.1, -0.05) is 24.3 Å². The lowest BCUT2D eigenvalue weighted by Gasteiger charge is -2.27. The summed E-state index contributed by atoms with van der Waals surface area (Å²) in [5, 5.41) is 11.9. The van der Waals surface area contributed by atoms with Gasteiger partial charge >= 0.3 is 12.1 Å². The second-order valence-electron chi connectivity index (χ2n) is 8.01. The number of hydrogen-bond acceptors (Lipinski definition) is 5. The molecule has 2 heterocycles. The van der Waals surface area contributed by atoms with Gasteiger partial charge in [0, 0.05) is 13.1 Å². The van der Waals surface area contributed by atoms with Gasteiger partial charge < -0.3 is 15.3 Å². The van der Waals surface area contributed by atoms with Gasteiger partial charge in [-0.15, -0.1) is 0 Å². The number of halogens is 4. The molecule has 2 aromatic carbocycles. The highest BCUT2D eigenvalue weighted by atomic mass is 19.4. The molecule has 0 aliphatic carbocycles. The Morgan fingerprint density at radius 2 is 1.79 bits per heavy atom. The van der Waals surface area contributed by atoms with Crippen molar-refractivity contribution in [1.29, 1.82) is 0 Å². The third kappa shape index (κ3) is 5.11. The quantitative estimate of drug-likeness (QED) is 0.451. The molecule has 2 N–H and O–H groups in total. The highest BCUT2D eigenvalue weighted by molar-refractivity contribution is 5.87. The van der Waals surface area contributed by atoms with E-state index in [9.17, 15) is 18.0 Å². The molecular formula is C24H22F4N4O2. The first-order chi connectivity index (χ1) is 16.2.